The lowest BCUT2D eigenvalue weighted by atomic mass is 9.97. The van der Waals surface area contributed by atoms with Gasteiger partial charge in [0.2, 0.25) is 0 Å². The first kappa shape index (κ1) is 12.9. The molecule has 1 aliphatic rings. The molecule has 5 heteroatoms. The van der Waals surface area contributed by atoms with Crippen molar-refractivity contribution in [1.82, 2.24) is 5.32 Å². The monoisotopic (exact) mass is 235 g/mol. The predicted molar refractivity (Wildman–Crippen MR) is 60.6 cm³/mol. The van der Waals surface area contributed by atoms with Crippen LogP contribution in [0.25, 0.3) is 0 Å². The zero-order chi connectivity index (χ0) is 11.5. The first-order chi connectivity index (χ1) is 6.91. The van der Waals surface area contributed by atoms with E-state index in [4.69, 9.17) is 0 Å². The van der Waals surface area contributed by atoms with E-state index in [0.717, 1.165) is 6.42 Å². The van der Waals surface area contributed by atoms with Crippen LogP contribution in [0.5, 0.6) is 0 Å². The second-order valence-corrected chi connectivity index (χ2v) is 6.95. The minimum atomic E-state index is -2.79. The molecule has 0 bridgehead atoms. The molecule has 4 nitrogen and oxygen atoms in total. The van der Waals surface area contributed by atoms with E-state index in [1.54, 1.807) is 0 Å². The van der Waals surface area contributed by atoms with Gasteiger partial charge in [0.25, 0.3) is 0 Å². The largest absolute Gasteiger partial charge is 0.394 e. The topological polar surface area (TPSA) is 66.4 Å². The van der Waals surface area contributed by atoms with E-state index in [9.17, 15) is 13.5 Å². The highest BCUT2D eigenvalue weighted by molar-refractivity contribution is 7.91. The fraction of sp³-hybridized carbons (Fsp3) is 1.00. The number of sulfone groups is 1. The maximum Gasteiger partial charge on any atom is 0.150 e. The maximum atomic E-state index is 11.2. The lowest BCUT2D eigenvalue weighted by molar-refractivity contribution is 0.154. The Balaban J connectivity index is 2.48. The van der Waals surface area contributed by atoms with Gasteiger partial charge in [0.1, 0.15) is 9.84 Å². The first-order valence-electron chi connectivity index (χ1n) is 5.50. The summed E-state index contributed by atoms with van der Waals surface area (Å²) < 4.78 is 22.4. The molecule has 15 heavy (non-hydrogen) atoms. The fourth-order valence-corrected chi connectivity index (χ4v) is 3.28. The van der Waals surface area contributed by atoms with E-state index < -0.39 is 9.84 Å². The van der Waals surface area contributed by atoms with Crippen LogP contribution in [0.3, 0.4) is 0 Å². The highest BCUT2D eigenvalue weighted by atomic mass is 32.2. The van der Waals surface area contributed by atoms with E-state index in [1.165, 1.54) is 0 Å². The molecule has 1 saturated heterocycles. The molecule has 0 radical (unpaired) electrons. The van der Waals surface area contributed by atoms with Crippen molar-refractivity contribution in [2.24, 2.45) is 0 Å². The Morgan fingerprint density at radius 2 is 1.93 bits per heavy atom. The molecule has 0 spiro atoms. The summed E-state index contributed by atoms with van der Waals surface area (Å²) in [4.78, 5) is 0. The average Bonchev–Trinajstić information content (AvgIpc) is 2.21. The van der Waals surface area contributed by atoms with Gasteiger partial charge >= 0.3 is 0 Å². The van der Waals surface area contributed by atoms with Gasteiger partial charge in [0, 0.05) is 11.6 Å². The third kappa shape index (κ3) is 3.74. The fourth-order valence-electron chi connectivity index (χ4n) is 1.79. The Morgan fingerprint density at radius 1 is 1.40 bits per heavy atom. The molecule has 0 aliphatic carbocycles. The highest BCUT2D eigenvalue weighted by Gasteiger charge is 2.29. The van der Waals surface area contributed by atoms with E-state index in [-0.39, 0.29) is 29.7 Å². The minimum absolute atomic E-state index is 0.0900. The number of hydrogen-bond acceptors (Lipinski definition) is 4. The summed E-state index contributed by atoms with van der Waals surface area (Å²) in [6.07, 6.45) is 2.17. The molecule has 1 fully saturated rings. The van der Waals surface area contributed by atoms with Crippen LogP contribution in [0.4, 0.5) is 0 Å². The predicted octanol–water partition coefficient (Wildman–Crippen LogP) is 0.314. The van der Waals surface area contributed by atoms with Crippen LogP contribution in [-0.4, -0.2) is 43.2 Å². The van der Waals surface area contributed by atoms with Crippen molar-refractivity contribution in [3.63, 3.8) is 0 Å². The first-order valence-corrected chi connectivity index (χ1v) is 7.32. The number of nitrogens with one attached hydrogen (secondary N) is 1. The van der Waals surface area contributed by atoms with Gasteiger partial charge in [-0.3, -0.25) is 0 Å². The smallest absolute Gasteiger partial charge is 0.150 e. The second kappa shape index (κ2) is 4.80. The Bertz CT molecular complexity index is 282. The van der Waals surface area contributed by atoms with Crippen molar-refractivity contribution in [2.45, 2.75) is 44.7 Å². The van der Waals surface area contributed by atoms with E-state index in [1.807, 2.05) is 13.8 Å². The molecule has 1 atom stereocenters. The SMILES string of the molecule is CCC(C)(CO)NC1CCS(=O)(=O)CC1. The van der Waals surface area contributed by atoms with Crippen LogP contribution in [0.2, 0.25) is 0 Å². The number of hydrogen-bond donors (Lipinski definition) is 2. The van der Waals surface area contributed by atoms with Gasteiger partial charge in [-0.05, 0) is 26.2 Å². The van der Waals surface area contributed by atoms with Gasteiger partial charge in [-0.25, -0.2) is 8.42 Å². The average molecular weight is 235 g/mol. The van der Waals surface area contributed by atoms with Crippen LogP contribution in [0, 0.1) is 0 Å². The van der Waals surface area contributed by atoms with E-state index >= 15 is 0 Å². The molecule has 1 heterocycles. The Labute approximate surface area is 92.0 Å². The van der Waals surface area contributed by atoms with Crippen molar-refractivity contribution in [3.05, 3.63) is 0 Å². The summed E-state index contributed by atoms with van der Waals surface area (Å²) in [5.41, 5.74) is -0.272. The molecule has 0 aromatic heterocycles. The number of aliphatic hydroxyl groups is 1. The summed E-state index contributed by atoms with van der Waals surface area (Å²) in [5.74, 6) is 0.547. The summed E-state index contributed by atoms with van der Waals surface area (Å²) >= 11 is 0. The molecule has 0 saturated carbocycles. The van der Waals surface area contributed by atoms with Gasteiger partial charge in [0.15, 0.2) is 0 Å². The van der Waals surface area contributed by atoms with Crippen molar-refractivity contribution < 1.29 is 13.5 Å². The van der Waals surface area contributed by atoms with Gasteiger partial charge in [-0.1, -0.05) is 6.92 Å². The van der Waals surface area contributed by atoms with Crippen LogP contribution >= 0.6 is 0 Å². The van der Waals surface area contributed by atoms with Gasteiger partial charge in [-0.2, -0.15) is 0 Å². The third-order valence-corrected chi connectivity index (χ3v) is 4.95. The van der Waals surface area contributed by atoms with Crippen LogP contribution in [0.15, 0.2) is 0 Å². The van der Waals surface area contributed by atoms with Crippen molar-refractivity contribution >= 4 is 9.84 Å². The van der Waals surface area contributed by atoms with Gasteiger partial charge < -0.3 is 10.4 Å². The molecule has 0 aromatic rings. The normalized spacial score (nSPS) is 26.1. The summed E-state index contributed by atoms with van der Waals surface area (Å²) in [5, 5.41) is 12.6. The maximum absolute atomic E-state index is 11.2. The zero-order valence-corrected chi connectivity index (χ0v) is 10.3. The Hall–Kier alpha value is -0.130. The third-order valence-electron chi connectivity index (χ3n) is 3.24. The Kier molecular flexibility index (Phi) is 4.14. The lowest BCUT2D eigenvalue weighted by Crippen LogP contribution is -2.52. The molecular weight excluding hydrogens is 214 g/mol. The van der Waals surface area contributed by atoms with Gasteiger partial charge in [0.05, 0.1) is 18.1 Å². The zero-order valence-electron chi connectivity index (χ0n) is 9.49. The molecule has 0 amide bonds. The minimum Gasteiger partial charge on any atom is -0.394 e. The Morgan fingerprint density at radius 3 is 2.33 bits per heavy atom. The quantitative estimate of drug-likeness (QED) is 0.736. The van der Waals surface area contributed by atoms with E-state index in [0.29, 0.717) is 12.8 Å². The van der Waals surface area contributed by atoms with Crippen molar-refractivity contribution in [3.8, 4) is 0 Å². The van der Waals surface area contributed by atoms with Gasteiger partial charge in [-0.15, -0.1) is 0 Å². The van der Waals surface area contributed by atoms with Crippen LogP contribution in [-0.2, 0) is 9.84 Å². The van der Waals surface area contributed by atoms with Crippen LogP contribution in [0.1, 0.15) is 33.1 Å². The molecule has 2 N–H and O–H groups in total. The second-order valence-electron chi connectivity index (χ2n) is 4.64. The van der Waals surface area contributed by atoms with Crippen molar-refractivity contribution in [2.75, 3.05) is 18.1 Å². The summed E-state index contributed by atoms with van der Waals surface area (Å²) in [7, 11) is -2.79. The molecule has 1 aliphatic heterocycles. The summed E-state index contributed by atoms with van der Waals surface area (Å²) in [6, 6.07) is 0.227. The number of aliphatic hydroxyl groups excluding tert-OH is 1. The van der Waals surface area contributed by atoms with Crippen LogP contribution < -0.4 is 5.32 Å². The summed E-state index contributed by atoms with van der Waals surface area (Å²) in [6.45, 7) is 4.08. The highest BCUT2D eigenvalue weighted by Crippen LogP contribution is 2.17. The molecule has 1 rings (SSSR count). The molecular formula is C10H21NO3S. The molecule has 1 unspecified atom stereocenters. The van der Waals surface area contributed by atoms with E-state index in [2.05, 4.69) is 5.32 Å². The molecule has 0 aromatic carbocycles. The lowest BCUT2D eigenvalue weighted by Gasteiger charge is -2.34. The standard InChI is InChI=1S/C10H21NO3S/c1-3-10(2,8-12)11-9-4-6-15(13,14)7-5-9/h9,11-12H,3-8H2,1-2H3. The number of rotatable bonds is 4. The van der Waals surface area contributed by atoms with Crippen molar-refractivity contribution in [1.29, 1.82) is 0 Å². The molecule has 90 valence electrons.